The number of benzene rings is 1. The third-order valence-electron chi connectivity index (χ3n) is 3.31. The van der Waals surface area contributed by atoms with Crippen LogP contribution in [0.2, 0.25) is 5.02 Å². The number of nitrogens with one attached hydrogen (secondary N) is 1. The number of nitrogens with zero attached hydrogens (tertiary/aromatic N) is 1. The Labute approximate surface area is 115 Å². The van der Waals surface area contributed by atoms with Crippen molar-refractivity contribution in [3.8, 4) is 0 Å². The van der Waals surface area contributed by atoms with Gasteiger partial charge in [-0.15, -0.1) is 0 Å². The smallest absolute Gasteiger partial charge is 0.255 e. The molecule has 19 heavy (non-hydrogen) atoms. The summed E-state index contributed by atoms with van der Waals surface area (Å²) in [4.78, 5) is 13.8. The Morgan fingerprint density at radius 1 is 1.47 bits per heavy atom. The summed E-state index contributed by atoms with van der Waals surface area (Å²) in [6.07, 6.45) is 0.897. The van der Waals surface area contributed by atoms with Gasteiger partial charge in [0.2, 0.25) is 0 Å². The Balaban J connectivity index is 2.15. The van der Waals surface area contributed by atoms with Crippen molar-refractivity contribution in [2.75, 3.05) is 26.7 Å². The molecule has 1 aliphatic rings. The van der Waals surface area contributed by atoms with Crippen molar-refractivity contribution in [1.82, 2.24) is 10.2 Å². The van der Waals surface area contributed by atoms with Crippen LogP contribution in [0.4, 0.5) is 8.78 Å². The van der Waals surface area contributed by atoms with Crippen molar-refractivity contribution >= 4 is 17.5 Å². The van der Waals surface area contributed by atoms with E-state index in [9.17, 15) is 13.6 Å². The van der Waals surface area contributed by atoms with Crippen LogP contribution in [-0.4, -0.2) is 37.5 Å². The highest BCUT2D eigenvalue weighted by Gasteiger charge is 2.28. The number of rotatable bonds is 3. The fourth-order valence-corrected chi connectivity index (χ4v) is 2.56. The molecule has 104 valence electrons. The number of carbonyl (C=O) groups is 1. The van der Waals surface area contributed by atoms with Crippen LogP contribution in [0.3, 0.4) is 0 Å². The predicted molar refractivity (Wildman–Crippen MR) is 69.3 cm³/mol. The number of amides is 1. The summed E-state index contributed by atoms with van der Waals surface area (Å²) in [6.45, 7) is 2.05. The van der Waals surface area contributed by atoms with Crippen LogP contribution in [0.15, 0.2) is 12.1 Å². The molecular weight excluding hydrogens is 274 g/mol. The summed E-state index contributed by atoms with van der Waals surface area (Å²) in [5.41, 5.74) is 0.0191. The van der Waals surface area contributed by atoms with Gasteiger partial charge in [-0.1, -0.05) is 11.6 Å². The lowest BCUT2D eigenvalue weighted by molar-refractivity contribution is 0.0787. The minimum Gasteiger partial charge on any atom is -0.338 e. The number of carbonyl (C=O) groups excluding carboxylic acids is 1. The topological polar surface area (TPSA) is 32.3 Å². The van der Waals surface area contributed by atoms with E-state index in [-0.39, 0.29) is 16.5 Å². The maximum atomic E-state index is 13.2. The van der Waals surface area contributed by atoms with Crippen LogP contribution in [0.5, 0.6) is 0 Å². The van der Waals surface area contributed by atoms with Crippen molar-refractivity contribution in [2.24, 2.45) is 5.92 Å². The van der Waals surface area contributed by atoms with Crippen molar-refractivity contribution in [3.05, 3.63) is 34.4 Å². The Kier molecular flexibility index (Phi) is 4.37. The summed E-state index contributed by atoms with van der Waals surface area (Å²) in [5, 5.41) is 3.01. The molecule has 0 aliphatic carbocycles. The number of hydrogen-bond donors (Lipinski definition) is 1. The number of likely N-dealkylation sites (tertiary alicyclic amines) is 1. The molecule has 1 N–H and O–H groups in total. The molecule has 1 atom stereocenters. The molecule has 0 unspecified atom stereocenters. The Bertz CT molecular complexity index is 496. The van der Waals surface area contributed by atoms with Gasteiger partial charge >= 0.3 is 0 Å². The molecule has 1 amide bonds. The molecule has 2 rings (SSSR count). The zero-order valence-electron chi connectivity index (χ0n) is 10.5. The van der Waals surface area contributed by atoms with E-state index >= 15 is 0 Å². The summed E-state index contributed by atoms with van der Waals surface area (Å²) >= 11 is 5.81. The van der Waals surface area contributed by atoms with Gasteiger partial charge < -0.3 is 10.2 Å². The SMILES string of the molecule is CNC[C@H]1CCN(C(=O)c2cc(F)c(F)cc2Cl)C1. The lowest BCUT2D eigenvalue weighted by Gasteiger charge is -2.17. The molecular formula is C13H15ClF2N2O. The first-order valence-corrected chi connectivity index (χ1v) is 6.49. The molecule has 0 radical (unpaired) electrons. The predicted octanol–water partition coefficient (Wildman–Crippen LogP) is 2.30. The molecule has 0 spiro atoms. The first-order chi connectivity index (χ1) is 9.02. The Hall–Kier alpha value is -1.20. The van der Waals surface area contributed by atoms with Gasteiger partial charge in [-0.3, -0.25) is 4.79 Å². The average Bonchev–Trinajstić information content (AvgIpc) is 2.82. The lowest BCUT2D eigenvalue weighted by Crippen LogP contribution is -2.30. The first-order valence-electron chi connectivity index (χ1n) is 6.11. The molecule has 6 heteroatoms. The van der Waals surface area contributed by atoms with Gasteiger partial charge in [0.1, 0.15) is 0 Å². The van der Waals surface area contributed by atoms with E-state index in [1.807, 2.05) is 7.05 Å². The van der Waals surface area contributed by atoms with Crippen molar-refractivity contribution in [3.63, 3.8) is 0 Å². The molecule has 1 aliphatic heterocycles. The van der Waals surface area contributed by atoms with Crippen molar-refractivity contribution in [1.29, 1.82) is 0 Å². The first kappa shape index (κ1) is 14.2. The van der Waals surface area contributed by atoms with Gasteiger partial charge in [-0.2, -0.15) is 0 Å². The molecule has 1 aromatic rings. The van der Waals surface area contributed by atoms with Crippen molar-refractivity contribution < 1.29 is 13.6 Å². The van der Waals surface area contributed by atoms with E-state index < -0.39 is 11.6 Å². The average molecular weight is 289 g/mol. The van der Waals surface area contributed by atoms with Crippen LogP contribution in [0.1, 0.15) is 16.8 Å². The Morgan fingerprint density at radius 2 is 2.16 bits per heavy atom. The summed E-state index contributed by atoms with van der Waals surface area (Å²) in [6, 6.07) is 1.71. The quantitative estimate of drug-likeness (QED) is 0.866. The summed E-state index contributed by atoms with van der Waals surface area (Å²) in [5.74, 6) is -2.06. The molecule has 1 saturated heterocycles. The minimum absolute atomic E-state index is 0.0191. The van der Waals surface area contributed by atoms with Gasteiger partial charge in [-0.05, 0) is 38.1 Å². The van der Waals surface area contributed by atoms with Crippen LogP contribution < -0.4 is 5.32 Å². The molecule has 3 nitrogen and oxygen atoms in total. The minimum atomic E-state index is -1.06. The normalized spacial score (nSPS) is 18.9. The number of halogens is 3. The zero-order chi connectivity index (χ0) is 14.0. The van der Waals surface area contributed by atoms with E-state index in [2.05, 4.69) is 5.32 Å². The van der Waals surface area contributed by atoms with Crippen molar-refractivity contribution in [2.45, 2.75) is 6.42 Å². The zero-order valence-corrected chi connectivity index (χ0v) is 11.3. The summed E-state index contributed by atoms with van der Waals surface area (Å²) in [7, 11) is 1.86. The Morgan fingerprint density at radius 3 is 2.84 bits per heavy atom. The second-order valence-electron chi connectivity index (χ2n) is 4.71. The summed E-state index contributed by atoms with van der Waals surface area (Å²) < 4.78 is 26.2. The van der Waals surface area contributed by atoms with E-state index in [1.54, 1.807) is 4.90 Å². The molecule has 1 heterocycles. The molecule has 1 fully saturated rings. The molecule has 0 saturated carbocycles. The van der Waals surface area contributed by atoms with Crippen LogP contribution in [-0.2, 0) is 0 Å². The van der Waals surface area contributed by atoms with Crippen LogP contribution in [0.25, 0.3) is 0 Å². The lowest BCUT2D eigenvalue weighted by atomic mass is 10.1. The fourth-order valence-electron chi connectivity index (χ4n) is 2.33. The second kappa shape index (κ2) is 5.84. The number of hydrogen-bond acceptors (Lipinski definition) is 2. The fraction of sp³-hybridized carbons (Fsp3) is 0.462. The van der Waals surface area contributed by atoms with Gasteiger partial charge in [0.15, 0.2) is 11.6 Å². The maximum absolute atomic E-state index is 13.2. The highest BCUT2D eigenvalue weighted by atomic mass is 35.5. The maximum Gasteiger partial charge on any atom is 0.255 e. The monoisotopic (exact) mass is 288 g/mol. The molecule has 0 aromatic heterocycles. The standard InChI is InChI=1S/C13H15ClF2N2O/c1-17-6-8-2-3-18(7-8)13(19)9-4-11(15)12(16)5-10(9)14/h4-5,8,17H,2-3,6-7H2,1H3/t8-/m1/s1. The third-order valence-corrected chi connectivity index (χ3v) is 3.62. The third kappa shape index (κ3) is 3.04. The highest BCUT2D eigenvalue weighted by molar-refractivity contribution is 6.33. The van der Waals surface area contributed by atoms with E-state index in [1.165, 1.54) is 0 Å². The van der Waals surface area contributed by atoms with Gasteiger partial charge in [-0.25, -0.2) is 8.78 Å². The second-order valence-corrected chi connectivity index (χ2v) is 5.12. The van der Waals surface area contributed by atoms with Gasteiger partial charge in [0.25, 0.3) is 5.91 Å². The molecule has 1 aromatic carbocycles. The van der Waals surface area contributed by atoms with Gasteiger partial charge in [0.05, 0.1) is 10.6 Å². The van der Waals surface area contributed by atoms with E-state index in [4.69, 9.17) is 11.6 Å². The van der Waals surface area contributed by atoms with Gasteiger partial charge in [0, 0.05) is 13.1 Å². The highest BCUT2D eigenvalue weighted by Crippen LogP contribution is 2.24. The van der Waals surface area contributed by atoms with Crippen LogP contribution in [0, 0.1) is 17.6 Å². The largest absolute Gasteiger partial charge is 0.338 e. The van der Waals surface area contributed by atoms with E-state index in [0.717, 1.165) is 25.1 Å². The molecule has 0 bridgehead atoms. The van der Waals surface area contributed by atoms with E-state index in [0.29, 0.717) is 19.0 Å². The van der Waals surface area contributed by atoms with Crippen LogP contribution >= 0.6 is 11.6 Å².